The minimum atomic E-state index is -4.36. The monoisotopic (exact) mass is 283 g/mol. The van der Waals surface area contributed by atoms with E-state index in [9.17, 15) is 13.2 Å². The highest BCUT2D eigenvalue weighted by Gasteiger charge is 2.30. The van der Waals surface area contributed by atoms with Gasteiger partial charge in [-0.1, -0.05) is 0 Å². The quantitative estimate of drug-likeness (QED) is 0.929. The van der Waals surface area contributed by atoms with Gasteiger partial charge in [0.1, 0.15) is 17.9 Å². The standard InChI is InChI=1S/C13H12F3N3O/c1-2-17-11-7-12(19-8-18-11)20-10-5-3-9(4-6-10)13(14,15)16/h3-8H,2H2,1H3,(H,17,18,19). The Hall–Kier alpha value is -2.31. The Labute approximate surface area is 113 Å². The lowest BCUT2D eigenvalue weighted by Crippen LogP contribution is -2.04. The SMILES string of the molecule is CCNc1cc(Oc2ccc(C(F)(F)F)cc2)ncn1. The fraction of sp³-hybridized carbons (Fsp3) is 0.231. The molecule has 2 aromatic rings. The van der Waals surface area contributed by atoms with Crippen molar-refractivity contribution >= 4 is 5.82 Å². The average Bonchev–Trinajstić information content (AvgIpc) is 2.39. The molecule has 0 bridgehead atoms. The molecule has 0 aliphatic heterocycles. The Balaban J connectivity index is 2.12. The summed E-state index contributed by atoms with van der Waals surface area (Å²) >= 11 is 0. The average molecular weight is 283 g/mol. The molecule has 1 aromatic carbocycles. The number of alkyl halides is 3. The molecule has 4 nitrogen and oxygen atoms in total. The van der Waals surface area contributed by atoms with E-state index in [4.69, 9.17) is 4.74 Å². The molecule has 0 unspecified atom stereocenters. The van der Waals surface area contributed by atoms with Crippen LogP contribution in [0, 0.1) is 0 Å². The molecule has 1 N–H and O–H groups in total. The molecule has 1 heterocycles. The summed E-state index contributed by atoms with van der Waals surface area (Å²) in [5, 5.41) is 2.98. The van der Waals surface area contributed by atoms with E-state index < -0.39 is 11.7 Å². The van der Waals surface area contributed by atoms with Crippen molar-refractivity contribution in [3.8, 4) is 11.6 Å². The van der Waals surface area contributed by atoms with E-state index in [-0.39, 0.29) is 11.6 Å². The van der Waals surface area contributed by atoms with Crippen molar-refractivity contribution in [2.24, 2.45) is 0 Å². The maximum Gasteiger partial charge on any atom is 0.416 e. The number of aromatic nitrogens is 2. The van der Waals surface area contributed by atoms with E-state index in [2.05, 4.69) is 15.3 Å². The maximum absolute atomic E-state index is 12.4. The molecule has 0 fully saturated rings. The summed E-state index contributed by atoms with van der Waals surface area (Å²) in [6, 6.07) is 5.99. The number of ether oxygens (including phenoxy) is 1. The number of halogens is 3. The first-order chi connectivity index (χ1) is 9.49. The van der Waals surface area contributed by atoms with Gasteiger partial charge >= 0.3 is 6.18 Å². The first-order valence-corrected chi connectivity index (χ1v) is 5.90. The van der Waals surface area contributed by atoms with E-state index in [1.165, 1.54) is 18.5 Å². The van der Waals surface area contributed by atoms with Gasteiger partial charge in [-0.05, 0) is 31.2 Å². The Morgan fingerprint density at radius 2 is 1.85 bits per heavy atom. The fourth-order valence-electron chi connectivity index (χ4n) is 1.51. The zero-order valence-electron chi connectivity index (χ0n) is 10.6. The highest BCUT2D eigenvalue weighted by atomic mass is 19.4. The number of hydrogen-bond donors (Lipinski definition) is 1. The van der Waals surface area contributed by atoms with Gasteiger partial charge in [-0.25, -0.2) is 9.97 Å². The topological polar surface area (TPSA) is 47.0 Å². The van der Waals surface area contributed by atoms with Gasteiger partial charge in [0, 0.05) is 12.6 Å². The van der Waals surface area contributed by atoms with Crippen molar-refractivity contribution < 1.29 is 17.9 Å². The minimum absolute atomic E-state index is 0.260. The van der Waals surface area contributed by atoms with Crippen molar-refractivity contribution in [3.63, 3.8) is 0 Å². The molecule has 20 heavy (non-hydrogen) atoms. The van der Waals surface area contributed by atoms with Crippen LogP contribution >= 0.6 is 0 Å². The molecule has 0 aliphatic rings. The fourth-order valence-corrected chi connectivity index (χ4v) is 1.51. The van der Waals surface area contributed by atoms with Crippen LogP contribution in [0.5, 0.6) is 11.6 Å². The third kappa shape index (κ3) is 3.59. The summed E-state index contributed by atoms with van der Waals surface area (Å²) in [7, 11) is 0. The van der Waals surface area contributed by atoms with E-state index in [0.29, 0.717) is 12.4 Å². The normalized spacial score (nSPS) is 11.2. The van der Waals surface area contributed by atoms with Crippen LogP contribution < -0.4 is 10.1 Å². The maximum atomic E-state index is 12.4. The molecule has 0 saturated carbocycles. The lowest BCUT2D eigenvalue weighted by molar-refractivity contribution is -0.137. The van der Waals surface area contributed by atoms with Crippen LogP contribution in [0.25, 0.3) is 0 Å². The molecule has 0 amide bonds. The number of anilines is 1. The van der Waals surface area contributed by atoms with Gasteiger partial charge in [0.05, 0.1) is 5.56 Å². The van der Waals surface area contributed by atoms with Crippen molar-refractivity contribution in [3.05, 3.63) is 42.2 Å². The van der Waals surface area contributed by atoms with Crippen LogP contribution in [0.2, 0.25) is 0 Å². The second-order valence-corrected chi connectivity index (χ2v) is 3.90. The van der Waals surface area contributed by atoms with Crippen LogP contribution in [-0.2, 0) is 6.18 Å². The van der Waals surface area contributed by atoms with Crippen LogP contribution in [0.15, 0.2) is 36.7 Å². The zero-order chi connectivity index (χ0) is 14.6. The third-order valence-electron chi connectivity index (χ3n) is 2.40. The Kier molecular flexibility index (Phi) is 4.07. The third-order valence-corrected chi connectivity index (χ3v) is 2.40. The number of rotatable bonds is 4. The van der Waals surface area contributed by atoms with E-state index in [1.807, 2.05) is 6.92 Å². The second kappa shape index (κ2) is 5.77. The zero-order valence-corrected chi connectivity index (χ0v) is 10.6. The summed E-state index contributed by atoms with van der Waals surface area (Å²) in [6.07, 6.45) is -3.04. The number of nitrogens with one attached hydrogen (secondary N) is 1. The molecule has 0 saturated heterocycles. The smallest absolute Gasteiger partial charge is 0.416 e. The molecular weight excluding hydrogens is 271 g/mol. The molecule has 0 radical (unpaired) electrons. The summed E-state index contributed by atoms with van der Waals surface area (Å²) in [4.78, 5) is 7.86. The highest BCUT2D eigenvalue weighted by molar-refractivity contribution is 5.39. The molecule has 0 atom stereocenters. The highest BCUT2D eigenvalue weighted by Crippen LogP contribution is 2.31. The Morgan fingerprint density at radius 1 is 1.15 bits per heavy atom. The van der Waals surface area contributed by atoms with E-state index in [1.54, 1.807) is 6.07 Å². The van der Waals surface area contributed by atoms with Gasteiger partial charge < -0.3 is 10.1 Å². The van der Waals surface area contributed by atoms with Crippen LogP contribution in [0.1, 0.15) is 12.5 Å². The largest absolute Gasteiger partial charge is 0.439 e. The van der Waals surface area contributed by atoms with E-state index >= 15 is 0 Å². The summed E-state index contributed by atoms with van der Waals surface area (Å²) < 4.78 is 42.6. The lowest BCUT2D eigenvalue weighted by Gasteiger charge is -2.09. The van der Waals surface area contributed by atoms with Gasteiger partial charge in [-0.15, -0.1) is 0 Å². The summed E-state index contributed by atoms with van der Waals surface area (Å²) in [5.41, 5.74) is -0.721. The predicted molar refractivity (Wildman–Crippen MR) is 67.7 cm³/mol. The number of benzene rings is 1. The summed E-state index contributed by atoms with van der Waals surface area (Å²) in [5.74, 6) is 1.12. The molecule has 2 rings (SSSR count). The second-order valence-electron chi connectivity index (χ2n) is 3.90. The van der Waals surface area contributed by atoms with Crippen molar-refractivity contribution in [1.82, 2.24) is 9.97 Å². The predicted octanol–water partition coefficient (Wildman–Crippen LogP) is 3.72. The van der Waals surface area contributed by atoms with Crippen molar-refractivity contribution in [2.45, 2.75) is 13.1 Å². The van der Waals surface area contributed by atoms with Gasteiger partial charge in [0.2, 0.25) is 5.88 Å². The summed E-state index contributed by atoms with van der Waals surface area (Å²) in [6.45, 7) is 2.61. The molecule has 0 spiro atoms. The minimum Gasteiger partial charge on any atom is -0.439 e. The van der Waals surface area contributed by atoms with Gasteiger partial charge in [-0.2, -0.15) is 13.2 Å². The van der Waals surface area contributed by atoms with Crippen molar-refractivity contribution in [2.75, 3.05) is 11.9 Å². The lowest BCUT2D eigenvalue weighted by atomic mass is 10.2. The Morgan fingerprint density at radius 3 is 2.45 bits per heavy atom. The molecule has 1 aromatic heterocycles. The van der Waals surface area contributed by atoms with Crippen LogP contribution in [0.3, 0.4) is 0 Å². The van der Waals surface area contributed by atoms with Crippen molar-refractivity contribution in [1.29, 1.82) is 0 Å². The first kappa shape index (κ1) is 14.1. The molecule has 0 aliphatic carbocycles. The molecule has 106 valence electrons. The number of hydrogen-bond acceptors (Lipinski definition) is 4. The van der Waals surface area contributed by atoms with Gasteiger partial charge in [-0.3, -0.25) is 0 Å². The molecule has 7 heteroatoms. The van der Waals surface area contributed by atoms with Gasteiger partial charge in [0.15, 0.2) is 0 Å². The van der Waals surface area contributed by atoms with Gasteiger partial charge in [0.25, 0.3) is 0 Å². The number of nitrogens with zero attached hydrogens (tertiary/aromatic N) is 2. The molecular formula is C13H12F3N3O. The van der Waals surface area contributed by atoms with E-state index in [0.717, 1.165) is 12.1 Å². The van der Waals surface area contributed by atoms with Crippen LogP contribution in [0.4, 0.5) is 19.0 Å². The Bertz CT molecular complexity index is 570. The van der Waals surface area contributed by atoms with Crippen LogP contribution in [-0.4, -0.2) is 16.5 Å². The first-order valence-electron chi connectivity index (χ1n) is 5.90.